The van der Waals surface area contributed by atoms with Crippen molar-refractivity contribution in [3.8, 4) is 0 Å². The fourth-order valence-corrected chi connectivity index (χ4v) is 3.95. The van der Waals surface area contributed by atoms with Crippen LogP contribution in [0.1, 0.15) is 29.3 Å². The maximum absolute atomic E-state index is 11.8. The van der Waals surface area contributed by atoms with E-state index in [2.05, 4.69) is 27.1 Å². The third-order valence-corrected chi connectivity index (χ3v) is 5.48. The summed E-state index contributed by atoms with van der Waals surface area (Å²) >= 11 is 0. The van der Waals surface area contributed by atoms with Crippen LogP contribution in [0.2, 0.25) is 0 Å². The first-order valence-corrected chi connectivity index (χ1v) is 9.18. The first kappa shape index (κ1) is 15.2. The van der Waals surface area contributed by atoms with Crippen LogP contribution >= 0.6 is 0 Å². The molecule has 22 heavy (non-hydrogen) atoms. The number of aromatic nitrogens is 4. The number of hydrogen-bond acceptors (Lipinski definition) is 5. The van der Waals surface area contributed by atoms with Gasteiger partial charge < -0.3 is 0 Å². The lowest BCUT2D eigenvalue weighted by atomic mass is 10.1. The molecule has 1 unspecified atom stereocenters. The average molecular weight is 323 g/mol. The fraction of sp³-hybridized carbons (Fsp3) is 0.571. The summed E-state index contributed by atoms with van der Waals surface area (Å²) in [5.41, 5.74) is 3.13. The van der Waals surface area contributed by atoms with Gasteiger partial charge in [-0.1, -0.05) is 0 Å². The minimum Gasteiger partial charge on any atom is -0.297 e. The molecule has 3 heterocycles. The Hall–Kier alpha value is -1.67. The van der Waals surface area contributed by atoms with Crippen LogP contribution in [-0.2, 0) is 23.4 Å². The van der Waals surface area contributed by atoms with E-state index in [-0.39, 0.29) is 5.92 Å². The van der Waals surface area contributed by atoms with Gasteiger partial charge in [-0.25, -0.2) is 8.42 Å². The summed E-state index contributed by atoms with van der Waals surface area (Å²) in [6, 6.07) is 0. The van der Waals surface area contributed by atoms with Gasteiger partial charge in [0.1, 0.15) is 4.90 Å². The molecular formula is C14H21N5O2S. The predicted octanol–water partition coefficient (Wildman–Crippen LogP) is 0.845. The van der Waals surface area contributed by atoms with Crippen LogP contribution in [0.4, 0.5) is 0 Å². The Balaban J connectivity index is 1.75. The van der Waals surface area contributed by atoms with E-state index in [1.165, 1.54) is 23.7 Å². The largest absolute Gasteiger partial charge is 0.297 e. The van der Waals surface area contributed by atoms with Crippen molar-refractivity contribution >= 4 is 9.84 Å². The van der Waals surface area contributed by atoms with Crippen molar-refractivity contribution in [2.24, 2.45) is 7.05 Å². The highest BCUT2D eigenvalue weighted by molar-refractivity contribution is 7.90. The normalized spacial score (nSPS) is 19.9. The Labute approximate surface area is 130 Å². The van der Waals surface area contributed by atoms with Crippen LogP contribution in [0.3, 0.4) is 0 Å². The first-order valence-electron chi connectivity index (χ1n) is 7.29. The first-order chi connectivity index (χ1) is 10.4. The van der Waals surface area contributed by atoms with Gasteiger partial charge in [-0.2, -0.15) is 10.2 Å². The minimum atomic E-state index is -3.23. The highest BCUT2D eigenvalue weighted by Gasteiger charge is 2.30. The molecule has 1 fully saturated rings. The second kappa shape index (κ2) is 5.51. The molecule has 1 N–H and O–H groups in total. The molecule has 0 aromatic carbocycles. The Morgan fingerprint density at radius 1 is 1.41 bits per heavy atom. The summed E-state index contributed by atoms with van der Waals surface area (Å²) in [5, 5.41) is 11.1. The average Bonchev–Trinajstić information content (AvgIpc) is 3.13. The van der Waals surface area contributed by atoms with Gasteiger partial charge in [-0.05, 0) is 25.5 Å². The zero-order chi connectivity index (χ0) is 15.9. The molecule has 2 aromatic rings. The molecule has 0 bridgehead atoms. The summed E-state index contributed by atoms with van der Waals surface area (Å²) in [6.07, 6.45) is 5.45. The van der Waals surface area contributed by atoms with Crippen molar-refractivity contribution in [3.63, 3.8) is 0 Å². The molecule has 0 spiro atoms. The highest BCUT2D eigenvalue weighted by atomic mass is 32.2. The molecule has 1 saturated heterocycles. The number of H-pyrrole nitrogens is 1. The van der Waals surface area contributed by atoms with Gasteiger partial charge >= 0.3 is 0 Å². The van der Waals surface area contributed by atoms with Crippen LogP contribution < -0.4 is 0 Å². The van der Waals surface area contributed by atoms with E-state index >= 15 is 0 Å². The summed E-state index contributed by atoms with van der Waals surface area (Å²) in [4.78, 5) is 2.66. The summed E-state index contributed by atoms with van der Waals surface area (Å²) in [6.45, 7) is 4.67. The summed E-state index contributed by atoms with van der Waals surface area (Å²) in [5.74, 6) is 0.181. The number of aromatic amines is 1. The van der Waals surface area contributed by atoms with E-state index in [0.29, 0.717) is 4.90 Å². The number of sulfone groups is 1. The van der Waals surface area contributed by atoms with Gasteiger partial charge in [0.25, 0.3) is 0 Å². The van der Waals surface area contributed by atoms with Crippen LogP contribution in [0, 0.1) is 6.92 Å². The Morgan fingerprint density at radius 3 is 2.82 bits per heavy atom. The van der Waals surface area contributed by atoms with E-state index < -0.39 is 9.84 Å². The van der Waals surface area contributed by atoms with Gasteiger partial charge in [-0.15, -0.1) is 0 Å². The molecule has 0 radical (unpaired) electrons. The van der Waals surface area contributed by atoms with Crippen LogP contribution in [-0.4, -0.2) is 52.6 Å². The zero-order valence-corrected chi connectivity index (χ0v) is 13.9. The second-order valence-corrected chi connectivity index (χ2v) is 8.02. The van der Waals surface area contributed by atoms with Crippen molar-refractivity contribution in [1.29, 1.82) is 0 Å². The topological polar surface area (TPSA) is 83.9 Å². The Kier molecular flexibility index (Phi) is 3.82. The fourth-order valence-electron chi connectivity index (χ4n) is 3.10. The van der Waals surface area contributed by atoms with Crippen molar-refractivity contribution < 1.29 is 8.42 Å². The lowest BCUT2D eigenvalue weighted by Crippen LogP contribution is -2.22. The number of rotatable bonds is 4. The van der Waals surface area contributed by atoms with Gasteiger partial charge in [0.2, 0.25) is 0 Å². The molecule has 1 atom stereocenters. The van der Waals surface area contributed by atoms with E-state index in [4.69, 9.17) is 0 Å². The molecule has 8 heteroatoms. The van der Waals surface area contributed by atoms with Crippen molar-refractivity contribution in [1.82, 2.24) is 24.9 Å². The van der Waals surface area contributed by atoms with E-state index in [1.54, 1.807) is 0 Å². The highest BCUT2D eigenvalue weighted by Crippen LogP contribution is 2.31. The molecule has 1 aliphatic heterocycles. The van der Waals surface area contributed by atoms with Crippen LogP contribution in [0.5, 0.6) is 0 Å². The monoisotopic (exact) mass is 323 g/mol. The van der Waals surface area contributed by atoms with Gasteiger partial charge in [0.05, 0.1) is 23.8 Å². The number of hydrogen-bond donors (Lipinski definition) is 1. The summed E-state index contributed by atoms with van der Waals surface area (Å²) in [7, 11) is -1.28. The van der Waals surface area contributed by atoms with Crippen LogP contribution in [0.25, 0.3) is 0 Å². The Morgan fingerprint density at radius 2 is 2.18 bits per heavy atom. The number of likely N-dealkylation sites (tertiary alicyclic amines) is 1. The molecule has 2 aromatic heterocycles. The van der Waals surface area contributed by atoms with Gasteiger partial charge in [0, 0.05) is 32.3 Å². The third kappa shape index (κ3) is 2.80. The quantitative estimate of drug-likeness (QED) is 0.901. The summed E-state index contributed by atoms with van der Waals surface area (Å²) < 4.78 is 25.5. The minimum absolute atomic E-state index is 0.181. The molecule has 0 saturated carbocycles. The molecule has 0 amide bonds. The number of nitrogens with zero attached hydrogens (tertiary/aromatic N) is 4. The molecule has 3 rings (SSSR count). The van der Waals surface area contributed by atoms with Crippen molar-refractivity contribution in [2.45, 2.75) is 30.7 Å². The van der Waals surface area contributed by atoms with E-state index in [0.717, 1.165) is 31.7 Å². The van der Waals surface area contributed by atoms with Crippen molar-refractivity contribution in [2.75, 3.05) is 19.3 Å². The van der Waals surface area contributed by atoms with E-state index in [1.807, 2.05) is 17.9 Å². The zero-order valence-electron chi connectivity index (χ0n) is 13.1. The number of nitrogens with one attached hydrogen (secondary N) is 1. The SMILES string of the molecule is Cc1cnn(C)c1CN1CCC(c2[nH]ncc2S(C)(=O)=O)C1. The lowest BCUT2D eigenvalue weighted by Gasteiger charge is -2.16. The molecule has 1 aliphatic rings. The smallest absolute Gasteiger partial charge is 0.178 e. The van der Waals surface area contributed by atoms with E-state index in [9.17, 15) is 8.42 Å². The molecule has 7 nitrogen and oxygen atoms in total. The standard InChI is InChI=1S/C14H21N5O2S/c1-10-6-16-18(2)12(10)9-19-5-4-11(8-19)14-13(7-15-17-14)22(3,20)21/h6-7,11H,4-5,8-9H2,1-3H3,(H,15,17). The Bertz CT molecular complexity index is 758. The number of aryl methyl sites for hydroxylation is 2. The van der Waals surface area contributed by atoms with Gasteiger partial charge in [-0.3, -0.25) is 14.7 Å². The molecular weight excluding hydrogens is 302 g/mol. The molecule has 0 aliphatic carbocycles. The predicted molar refractivity (Wildman–Crippen MR) is 82.3 cm³/mol. The molecule has 120 valence electrons. The third-order valence-electron chi connectivity index (χ3n) is 4.36. The lowest BCUT2D eigenvalue weighted by molar-refractivity contribution is 0.315. The van der Waals surface area contributed by atoms with Gasteiger partial charge in [0.15, 0.2) is 9.84 Å². The maximum Gasteiger partial charge on any atom is 0.178 e. The van der Waals surface area contributed by atoms with Crippen molar-refractivity contribution in [3.05, 3.63) is 29.3 Å². The van der Waals surface area contributed by atoms with Crippen LogP contribution in [0.15, 0.2) is 17.3 Å². The second-order valence-electron chi connectivity index (χ2n) is 6.04. The maximum atomic E-state index is 11.8.